The maximum atomic E-state index is 13.1. The first-order valence-electron chi connectivity index (χ1n) is 12.9. The molecule has 1 unspecified atom stereocenters. The second kappa shape index (κ2) is 13.8. The molecular formula is C29H33ClN4O3. The summed E-state index contributed by atoms with van der Waals surface area (Å²) in [4.78, 5) is 27.5. The highest BCUT2D eigenvalue weighted by atomic mass is 35.5. The second-order valence-electron chi connectivity index (χ2n) is 9.17. The molecule has 1 atom stereocenters. The third-order valence-corrected chi connectivity index (χ3v) is 6.73. The molecule has 37 heavy (non-hydrogen) atoms. The molecular weight excluding hydrogens is 488 g/mol. The lowest BCUT2D eigenvalue weighted by Crippen LogP contribution is -2.47. The van der Waals surface area contributed by atoms with Gasteiger partial charge in [0.1, 0.15) is 11.5 Å². The van der Waals surface area contributed by atoms with Crippen molar-refractivity contribution in [2.75, 3.05) is 19.6 Å². The van der Waals surface area contributed by atoms with Crippen LogP contribution in [0.3, 0.4) is 0 Å². The predicted molar refractivity (Wildman–Crippen MR) is 147 cm³/mol. The average molecular weight is 521 g/mol. The van der Waals surface area contributed by atoms with Gasteiger partial charge in [0.15, 0.2) is 0 Å². The summed E-state index contributed by atoms with van der Waals surface area (Å²) in [6.45, 7) is 2.40. The maximum Gasteiger partial charge on any atom is 0.257 e. The molecule has 0 radical (unpaired) electrons. The Bertz CT molecular complexity index is 1170. The summed E-state index contributed by atoms with van der Waals surface area (Å²) in [5.74, 6) is 1.07. The van der Waals surface area contributed by atoms with Crippen LogP contribution in [-0.4, -0.2) is 48.6 Å². The van der Waals surface area contributed by atoms with Gasteiger partial charge in [-0.1, -0.05) is 36.2 Å². The minimum atomic E-state index is -0.247. The number of likely N-dealkylation sites (tertiary alicyclic amines) is 1. The van der Waals surface area contributed by atoms with E-state index in [1.165, 1.54) is 12.6 Å². The number of nitrogens with zero attached hydrogens (tertiary/aromatic N) is 2. The van der Waals surface area contributed by atoms with Crippen LogP contribution in [0.4, 0.5) is 0 Å². The van der Waals surface area contributed by atoms with Gasteiger partial charge in [0.05, 0.1) is 12.3 Å². The standard InChI is InChI=1S/C29H33ClN4O3/c30-24-14-12-22(13-15-24)27-17-16-25(37-27)21-32-33-29(36)26(34-19-7-2-8-20-34)11-5-6-18-31-28(35)23-9-3-1-4-10-23/h1,3-4,9-10,12-17,21,26H,2,5-8,11,18-20H2,(H,31,35)(H,33,36). The Kier molecular flexibility index (Phi) is 9.91. The van der Waals surface area contributed by atoms with E-state index in [1.807, 2.05) is 54.6 Å². The van der Waals surface area contributed by atoms with Crippen LogP contribution in [0.1, 0.15) is 54.6 Å². The Balaban J connectivity index is 1.27. The van der Waals surface area contributed by atoms with Gasteiger partial charge in [0, 0.05) is 22.7 Å². The summed E-state index contributed by atoms with van der Waals surface area (Å²) in [6, 6.07) is 20.0. The monoisotopic (exact) mass is 520 g/mol. The molecule has 1 aliphatic rings. The fourth-order valence-electron chi connectivity index (χ4n) is 4.49. The van der Waals surface area contributed by atoms with Gasteiger partial charge in [-0.2, -0.15) is 5.10 Å². The molecule has 0 saturated carbocycles. The Morgan fingerprint density at radius 1 is 0.973 bits per heavy atom. The molecule has 1 saturated heterocycles. The first-order valence-corrected chi connectivity index (χ1v) is 13.2. The van der Waals surface area contributed by atoms with Gasteiger partial charge in [-0.15, -0.1) is 0 Å². The first-order chi connectivity index (χ1) is 18.1. The number of nitrogens with one attached hydrogen (secondary N) is 2. The van der Waals surface area contributed by atoms with Crippen LogP contribution >= 0.6 is 11.6 Å². The van der Waals surface area contributed by atoms with Gasteiger partial charge in [-0.3, -0.25) is 14.5 Å². The normalized spacial score (nSPS) is 14.9. The number of carbonyl (C=O) groups excluding carboxylic acids is 2. The Hall–Kier alpha value is -3.42. The van der Waals surface area contributed by atoms with Crippen LogP contribution in [0.25, 0.3) is 11.3 Å². The number of amides is 2. The number of benzene rings is 2. The van der Waals surface area contributed by atoms with Gasteiger partial charge in [-0.25, -0.2) is 5.43 Å². The molecule has 1 aromatic heterocycles. The molecule has 2 amide bonds. The molecule has 1 aliphatic heterocycles. The van der Waals surface area contributed by atoms with Crippen molar-refractivity contribution in [1.82, 2.24) is 15.6 Å². The summed E-state index contributed by atoms with van der Waals surface area (Å²) in [7, 11) is 0. The van der Waals surface area contributed by atoms with Crippen LogP contribution in [0, 0.1) is 0 Å². The molecule has 2 heterocycles. The van der Waals surface area contributed by atoms with Crippen molar-refractivity contribution in [2.45, 2.75) is 44.6 Å². The lowest BCUT2D eigenvalue weighted by Gasteiger charge is -2.33. The zero-order valence-electron chi connectivity index (χ0n) is 20.9. The number of piperidine rings is 1. The predicted octanol–water partition coefficient (Wildman–Crippen LogP) is 5.50. The molecule has 7 nitrogen and oxygen atoms in total. The Morgan fingerprint density at radius 2 is 1.73 bits per heavy atom. The average Bonchev–Trinajstić information content (AvgIpc) is 3.40. The van der Waals surface area contributed by atoms with E-state index >= 15 is 0 Å². The summed E-state index contributed by atoms with van der Waals surface area (Å²) in [5.41, 5.74) is 4.28. The van der Waals surface area contributed by atoms with Crippen molar-refractivity contribution < 1.29 is 14.0 Å². The van der Waals surface area contributed by atoms with Crippen LogP contribution in [0.2, 0.25) is 5.02 Å². The molecule has 8 heteroatoms. The highest BCUT2D eigenvalue weighted by molar-refractivity contribution is 6.30. The van der Waals surface area contributed by atoms with E-state index in [-0.39, 0.29) is 17.9 Å². The van der Waals surface area contributed by atoms with E-state index in [9.17, 15) is 9.59 Å². The number of hydrogen-bond acceptors (Lipinski definition) is 5. The van der Waals surface area contributed by atoms with Crippen molar-refractivity contribution in [3.8, 4) is 11.3 Å². The van der Waals surface area contributed by atoms with Crippen molar-refractivity contribution >= 4 is 29.6 Å². The van der Waals surface area contributed by atoms with E-state index in [4.69, 9.17) is 16.0 Å². The molecule has 3 aromatic rings. The summed E-state index contributed by atoms with van der Waals surface area (Å²) in [6.07, 6.45) is 7.26. The van der Waals surface area contributed by atoms with E-state index in [1.54, 1.807) is 12.1 Å². The van der Waals surface area contributed by atoms with E-state index in [0.717, 1.165) is 44.3 Å². The zero-order chi connectivity index (χ0) is 25.9. The maximum absolute atomic E-state index is 13.1. The number of hydrogen-bond donors (Lipinski definition) is 2. The van der Waals surface area contributed by atoms with Crippen molar-refractivity contribution in [1.29, 1.82) is 0 Å². The number of halogens is 1. The zero-order valence-corrected chi connectivity index (χ0v) is 21.6. The fraction of sp³-hybridized carbons (Fsp3) is 0.345. The van der Waals surface area contributed by atoms with Crippen LogP contribution in [0.15, 0.2) is 76.2 Å². The third-order valence-electron chi connectivity index (χ3n) is 6.48. The Morgan fingerprint density at radius 3 is 2.49 bits per heavy atom. The quantitative estimate of drug-likeness (QED) is 0.198. The van der Waals surface area contributed by atoms with Crippen molar-refractivity contribution in [3.63, 3.8) is 0 Å². The number of hydrazone groups is 1. The SMILES string of the molecule is O=C(NCCCCC(C(=O)NN=Cc1ccc(-c2ccc(Cl)cc2)o1)N1CCCCC1)c1ccccc1. The van der Waals surface area contributed by atoms with Crippen LogP contribution in [0.5, 0.6) is 0 Å². The van der Waals surface area contributed by atoms with Gasteiger partial charge in [0.2, 0.25) is 0 Å². The molecule has 194 valence electrons. The number of furan rings is 1. The molecule has 0 aliphatic carbocycles. The largest absolute Gasteiger partial charge is 0.455 e. The molecule has 0 bridgehead atoms. The molecule has 1 fully saturated rings. The smallest absolute Gasteiger partial charge is 0.257 e. The topological polar surface area (TPSA) is 86.9 Å². The minimum Gasteiger partial charge on any atom is -0.455 e. The number of carbonyl (C=O) groups is 2. The highest BCUT2D eigenvalue weighted by Crippen LogP contribution is 2.23. The van der Waals surface area contributed by atoms with E-state index in [0.29, 0.717) is 35.1 Å². The third kappa shape index (κ3) is 8.03. The number of rotatable bonds is 11. The van der Waals surface area contributed by atoms with E-state index in [2.05, 4.69) is 20.7 Å². The lowest BCUT2D eigenvalue weighted by atomic mass is 10.0. The van der Waals surface area contributed by atoms with Gasteiger partial charge < -0.3 is 9.73 Å². The van der Waals surface area contributed by atoms with Crippen molar-refractivity contribution in [2.24, 2.45) is 5.10 Å². The first kappa shape index (κ1) is 26.6. The number of unbranched alkanes of at least 4 members (excludes halogenated alkanes) is 1. The summed E-state index contributed by atoms with van der Waals surface area (Å²) in [5, 5.41) is 7.78. The molecule has 0 spiro atoms. The lowest BCUT2D eigenvalue weighted by molar-refractivity contribution is -0.127. The van der Waals surface area contributed by atoms with Crippen LogP contribution < -0.4 is 10.7 Å². The second-order valence-corrected chi connectivity index (χ2v) is 9.61. The summed E-state index contributed by atoms with van der Waals surface area (Å²) >= 11 is 5.95. The molecule has 2 N–H and O–H groups in total. The molecule has 2 aromatic carbocycles. The summed E-state index contributed by atoms with van der Waals surface area (Å²) < 4.78 is 5.82. The minimum absolute atomic E-state index is 0.0718. The van der Waals surface area contributed by atoms with Gasteiger partial charge in [0.25, 0.3) is 11.8 Å². The van der Waals surface area contributed by atoms with Gasteiger partial charge in [-0.05, 0) is 93.7 Å². The molecule has 4 rings (SSSR count). The highest BCUT2D eigenvalue weighted by Gasteiger charge is 2.26. The van der Waals surface area contributed by atoms with E-state index < -0.39 is 0 Å². The Labute approximate surface area is 222 Å². The fourth-order valence-corrected chi connectivity index (χ4v) is 4.62. The van der Waals surface area contributed by atoms with Crippen molar-refractivity contribution in [3.05, 3.63) is 83.1 Å². The van der Waals surface area contributed by atoms with Gasteiger partial charge >= 0.3 is 0 Å². The van der Waals surface area contributed by atoms with Crippen LogP contribution in [-0.2, 0) is 4.79 Å².